The van der Waals surface area contributed by atoms with E-state index in [-0.39, 0.29) is 25.2 Å². The minimum atomic E-state index is -0.225. The summed E-state index contributed by atoms with van der Waals surface area (Å²) < 4.78 is 0. The van der Waals surface area contributed by atoms with E-state index in [2.05, 4.69) is 21.9 Å². The predicted octanol–water partition coefficient (Wildman–Crippen LogP) is 2.39. The Bertz CT molecular complexity index is 658. The van der Waals surface area contributed by atoms with Crippen molar-refractivity contribution in [2.45, 2.75) is 13.0 Å². The Kier molecular flexibility index (Phi) is 6.45. The summed E-state index contributed by atoms with van der Waals surface area (Å²) in [7, 11) is 0. The molecule has 0 spiro atoms. The third-order valence-corrected chi connectivity index (χ3v) is 3.65. The molecule has 0 fully saturated rings. The van der Waals surface area contributed by atoms with Gasteiger partial charge in [0.2, 0.25) is 0 Å². The Balaban J connectivity index is 2.03. The van der Waals surface area contributed by atoms with E-state index < -0.39 is 0 Å². The van der Waals surface area contributed by atoms with Crippen molar-refractivity contribution in [2.24, 2.45) is 0 Å². The summed E-state index contributed by atoms with van der Waals surface area (Å²) in [5.74, 6) is 0. The van der Waals surface area contributed by atoms with Gasteiger partial charge in [0.25, 0.3) is 0 Å². The molecule has 0 saturated heterocycles. The molecule has 2 rings (SSSR count). The molecule has 1 aromatic heterocycles. The molecule has 6 heteroatoms. The van der Waals surface area contributed by atoms with Crippen LogP contribution in [0.1, 0.15) is 18.5 Å². The maximum atomic E-state index is 12.2. The highest BCUT2D eigenvalue weighted by Crippen LogP contribution is 2.20. The lowest BCUT2D eigenvalue weighted by molar-refractivity contribution is 0.181. The number of carbonyl (C=O) groups excluding carboxylic acids is 1. The van der Waals surface area contributed by atoms with E-state index in [1.54, 1.807) is 18.5 Å². The van der Waals surface area contributed by atoms with Crippen LogP contribution in [0.2, 0.25) is 0 Å². The van der Waals surface area contributed by atoms with E-state index in [0.717, 1.165) is 16.7 Å². The molecule has 2 aromatic rings. The van der Waals surface area contributed by atoms with Gasteiger partial charge in [-0.3, -0.25) is 0 Å². The number of carbonyl (C=O) groups is 1. The molecule has 6 nitrogen and oxygen atoms in total. The molecule has 126 valence electrons. The van der Waals surface area contributed by atoms with Crippen LogP contribution in [0, 0.1) is 0 Å². The number of benzene rings is 1. The monoisotopic (exact) mass is 326 g/mol. The van der Waals surface area contributed by atoms with Crippen LogP contribution >= 0.6 is 0 Å². The van der Waals surface area contributed by atoms with E-state index in [1.165, 1.54) is 11.2 Å². The quantitative estimate of drug-likeness (QED) is 0.766. The van der Waals surface area contributed by atoms with Gasteiger partial charge in [-0.05, 0) is 18.1 Å². The van der Waals surface area contributed by atoms with Crippen LogP contribution in [-0.2, 0) is 0 Å². The van der Waals surface area contributed by atoms with Gasteiger partial charge in [0, 0.05) is 31.0 Å². The van der Waals surface area contributed by atoms with Crippen LogP contribution in [-0.4, -0.2) is 45.7 Å². The lowest BCUT2D eigenvalue weighted by atomic mass is 10.0. The van der Waals surface area contributed by atoms with Crippen LogP contribution in [0.5, 0.6) is 0 Å². The molecule has 0 saturated carbocycles. The fourth-order valence-corrected chi connectivity index (χ4v) is 2.32. The maximum Gasteiger partial charge on any atom is 0.318 e. The van der Waals surface area contributed by atoms with Gasteiger partial charge in [-0.25, -0.2) is 14.8 Å². The molecular weight excluding hydrogens is 304 g/mol. The molecule has 1 unspecified atom stereocenters. The summed E-state index contributed by atoms with van der Waals surface area (Å²) in [4.78, 5) is 21.8. The summed E-state index contributed by atoms with van der Waals surface area (Å²) in [5, 5.41) is 12.0. The van der Waals surface area contributed by atoms with Gasteiger partial charge in [0.05, 0.1) is 12.6 Å². The fraction of sp³-hybridized carbons (Fsp3) is 0.278. The second kappa shape index (κ2) is 8.79. The van der Waals surface area contributed by atoms with Crippen molar-refractivity contribution in [3.8, 4) is 11.1 Å². The Morgan fingerprint density at radius 3 is 2.54 bits per heavy atom. The molecule has 0 bridgehead atoms. The number of aromatic nitrogens is 2. The zero-order valence-electron chi connectivity index (χ0n) is 13.7. The van der Waals surface area contributed by atoms with Crippen molar-refractivity contribution in [3.05, 3.63) is 61.2 Å². The number of nitrogens with one attached hydrogen (secondary N) is 1. The Labute approximate surface area is 141 Å². The molecule has 0 radical (unpaired) electrons. The SMILES string of the molecule is C=CCN(CCO)C(=O)NC(C)c1ccc(-c2cncnc2)cc1. The standard InChI is InChI=1S/C18H22N4O2/c1-3-8-22(9-10-23)18(24)21-14(2)15-4-6-16(7-5-15)17-11-19-13-20-12-17/h3-7,11-14,23H,1,8-10H2,2H3,(H,21,24). The van der Waals surface area contributed by atoms with Gasteiger partial charge in [-0.2, -0.15) is 0 Å². The molecule has 1 atom stereocenters. The number of aliphatic hydroxyl groups excluding tert-OH is 1. The first-order valence-electron chi connectivity index (χ1n) is 7.78. The van der Waals surface area contributed by atoms with Gasteiger partial charge >= 0.3 is 6.03 Å². The molecule has 2 N–H and O–H groups in total. The summed E-state index contributed by atoms with van der Waals surface area (Å²) in [6.45, 7) is 6.14. The summed E-state index contributed by atoms with van der Waals surface area (Å²) in [6.07, 6.45) is 6.65. The summed E-state index contributed by atoms with van der Waals surface area (Å²) in [6, 6.07) is 7.52. The predicted molar refractivity (Wildman–Crippen MR) is 93.3 cm³/mol. The van der Waals surface area contributed by atoms with Crippen LogP contribution in [0.4, 0.5) is 4.79 Å². The van der Waals surface area contributed by atoms with Crippen molar-refractivity contribution in [2.75, 3.05) is 19.7 Å². The van der Waals surface area contributed by atoms with E-state index in [1.807, 2.05) is 31.2 Å². The van der Waals surface area contributed by atoms with Gasteiger partial charge < -0.3 is 15.3 Å². The van der Waals surface area contributed by atoms with E-state index in [9.17, 15) is 4.79 Å². The highest BCUT2D eigenvalue weighted by molar-refractivity contribution is 5.75. The fourth-order valence-electron chi connectivity index (χ4n) is 2.32. The Morgan fingerprint density at radius 1 is 1.29 bits per heavy atom. The van der Waals surface area contributed by atoms with Gasteiger partial charge in [-0.15, -0.1) is 6.58 Å². The van der Waals surface area contributed by atoms with Crippen molar-refractivity contribution in [1.29, 1.82) is 0 Å². The Morgan fingerprint density at radius 2 is 1.96 bits per heavy atom. The average Bonchev–Trinajstić information content (AvgIpc) is 2.62. The second-order valence-corrected chi connectivity index (χ2v) is 5.38. The normalized spacial score (nSPS) is 11.6. The van der Waals surface area contributed by atoms with Gasteiger partial charge in [-0.1, -0.05) is 30.3 Å². The minimum absolute atomic E-state index is 0.0799. The lowest BCUT2D eigenvalue weighted by Crippen LogP contribution is -2.42. The van der Waals surface area contributed by atoms with Crippen molar-refractivity contribution in [1.82, 2.24) is 20.2 Å². The van der Waals surface area contributed by atoms with E-state index >= 15 is 0 Å². The average molecular weight is 326 g/mol. The minimum Gasteiger partial charge on any atom is -0.395 e. The van der Waals surface area contributed by atoms with Crippen molar-refractivity contribution in [3.63, 3.8) is 0 Å². The number of amides is 2. The number of aliphatic hydroxyl groups is 1. The highest BCUT2D eigenvalue weighted by Gasteiger charge is 2.15. The number of urea groups is 1. The second-order valence-electron chi connectivity index (χ2n) is 5.38. The van der Waals surface area contributed by atoms with Crippen LogP contribution in [0.25, 0.3) is 11.1 Å². The zero-order chi connectivity index (χ0) is 17.4. The first-order valence-corrected chi connectivity index (χ1v) is 7.78. The van der Waals surface area contributed by atoms with Crippen molar-refractivity contribution < 1.29 is 9.90 Å². The van der Waals surface area contributed by atoms with Gasteiger partial charge in [0.1, 0.15) is 6.33 Å². The molecular formula is C18H22N4O2. The molecule has 1 aromatic carbocycles. The molecule has 1 heterocycles. The topological polar surface area (TPSA) is 78.4 Å². The third kappa shape index (κ3) is 4.63. The molecule has 2 amide bonds. The molecule has 24 heavy (non-hydrogen) atoms. The van der Waals surface area contributed by atoms with Crippen LogP contribution < -0.4 is 5.32 Å². The molecule has 0 aliphatic heterocycles. The van der Waals surface area contributed by atoms with Gasteiger partial charge in [0.15, 0.2) is 0 Å². The lowest BCUT2D eigenvalue weighted by Gasteiger charge is -2.23. The summed E-state index contributed by atoms with van der Waals surface area (Å²) in [5.41, 5.74) is 2.96. The highest BCUT2D eigenvalue weighted by atomic mass is 16.3. The first-order chi connectivity index (χ1) is 11.7. The first kappa shape index (κ1) is 17.6. The number of nitrogens with zero attached hydrogens (tertiary/aromatic N) is 3. The number of hydrogen-bond acceptors (Lipinski definition) is 4. The maximum absolute atomic E-state index is 12.2. The van der Waals surface area contributed by atoms with Crippen LogP contribution in [0.15, 0.2) is 55.6 Å². The number of hydrogen-bond donors (Lipinski definition) is 2. The zero-order valence-corrected chi connectivity index (χ0v) is 13.7. The van der Waals surface area contributed by atoms with E-state index in [4.69, 9.17) is 5.11 Å². The Hall–Kier alpha value is -2.73. The van der Waals surface area contributed by atoms with Crippen LogP contribution in [0.3, 0.4) is 0 Å². The summed E-state index contributed by atoms with van der Waals surface area (Å²) >= 11 is 0. The number of rotatable bonds is 7. The largest absolute Gasteiger partial charge is 0.395 e. The third-order valence-electron chi connectivity index (χ3n) is 3.65. The smallest absolute Gasteiger partial charge is 0.318 e. The molecule has 0 aliphatic carbocycles. The molecule has 0 aliphatic rings. The van der Waals surface area contributed by atoms with E-state index in [0.29, 0.717) is 6.54 Å². The van der Waals surface area contributed by atoms with Crippen molar-refractivity contribution >= 4 is 6.03 Å².